The summed E-state index contributed by atoms with van der Waals surface area (Å²) >= 11 is 0. The van der Waals surface area contributed by atoms with Gasteiger partial charge in [0.15, 0.2) is 5.76 Å². The van der Waals surface area contributed by atoms with E-state index in [1.54, 1.807) is 18.4 Å². The Morgan fingerprint density at radius 1 is 1.44 bits per heavy atom. The summed E-state index contributed by atoms with van der Waals surface area (Å²) in [6.45, 7) is 1.49. The Hall–Kier alpha value is -2.39. The van der Waals surface area contributed by atoms with E-state index in [2.05, 4.69) is 25.8 Å². The molecule has 25 heavy (non-hydrogen) atoms. The molecule has 9 nitrogen and oxygen atoms in total. The van der Waals surface area contributed by atoms with Crippen molar-refractivity contribution in [2.75, 3.05) is 13.2 Å². The van der Waals surface area contributed by atoms with Crippen LogP contribution in [0.15, 0.2) is 22.8 Å². The first-order valence-corrected chi connectivity index (χ1v) is 8.43. The molecule has 4 N–H and O–H groups in total. The number of nitrogens with zero attached hydrogens (tertiary/aromatic N) is 2. The molecule has 2 aliphatic rings. The fourth-order valence-corrected chi connectivity index (χ4v) is 3.66. The van der Waals surface area contributed by atoms with E-state index in [1.165, 1.54) is 0 Å². The van der Waals surface area contributed by atoms with Crippen LogP contribution in [0.5, 0.6) is 0 Å². The van der Waals surface area contributed by atoms with E-state index < -0.39 is 0 Å². The number of nitrogens with one attached hydrogen (secondary N) is 3. The van der Waals surface area contributed by atoms with Crippen molar-refractivity contribution >= 4 is 6.03 Å². The van der Waals surface area contributed by atoms with Crippen molar-refractivity contribution in [3.8, 4) is 11.6 Å². The highest BCUT2D eigenvalue weighted by Gasteiger charge is 2.55. The molecule has 0 radical (unpaired) electrons. The van der Waals surface area contributed by atoms with Crippen molar-refractivity contribution in [2.45, 2.75) is 38.0 Å². The second kappa shape index (κ2) is 6.49. The predicted octanol–water partition coefficient (Wildman–Crippen LogP) is 0.794. The van der Waals surface area contributed by atoms with Gasteiger partial charge in [0, 0.05) is 24.7 Å². The van der Waals surface area contributed by atoms with Gasteiger partial charge in [0.05, 0.1) is 18.9 Å². The van der Waals surface area contributed by atoms with Gasteiger partial charge in [0.1, 0.15) is 5.82 Å². The standard InChI is InChI=1S/C16H21N5O4/c22-12-8-11(16(12)3-6-24-7-4-16)18-15(23)17-9-13-19-14(21-20-13)10-2-1-5-25-10/h1-2,5,11-12,22H,3-4,6-9H2,(H2,17,18,23)(H,19,20,21)/t11-,12-/m1/s1. The lowest BCUT2D eigenvalue weighted by Crippen LogP contribution is -2.66. The third-order valence-electron chi connectivity index (χ3n) is 5.24. The molecule has 134 valence electrons. The van der Waals surface area contributed by atoms with Crippen LogP contribution in [0.4, 0.5) is 4.79 Å². The third kappa shape index (κ3) is 3.00. The SMILES string of the molecule is O=C(NCc1nc(-c2ccco2)n[nH]1)N[C@@H]1C[C@@H](O)C12CCOCC2. The molecule has 4 rings (SSSR count). The van der Waals surface area contributed by atoms with E-state index in [4.69, 9.17) is 9.15 Å². The number of aliphatic hydroxyl groups excluding tert-OH is 1. The largest absolute Gasteiger partial charge is 0.461 e. The highest BCUT2D eigenvalue weighted by atomic mass is 16.5. The van der Waals surface area contributed by atoms with Crippen molar-refractivity contribution in [2.24, 2.45) is 5.41 Å². The van der Waals surface area contributed by atoms with E-state index in [0.29, 0.717) is 37.0 Å². The smallest absolute Gasteiger partial charge is 0.315 e. The maximum atomic E-state index is 12.2. The van der Waals surface area contributed by atoms with E-state index in [9.17, 15) is 9.90 Å². The number of aliphatic hydroxyl groups is 1. The van der Waals surface area contributed by atoms with Crippen LogP contribution < -0.4 is 10.6 Å². The Labute approximate surface area is 144 Å². The van der Waals surface area contributed by atoms with Crippen LogP contribution in [0.25, 0.3) is 11.6 Å². The van der Waals surface area contributed by atoms with Crippen LogP contribution in [0.3, 0.4) is 0 Å². The second-order valence-corrected chi connectivity index (χ2v) is 6.56. The Bertz CT molecular complexity index is 723. The highest BCUT2D eigenvalue weighted by molar-refractivity contribution is 5.74. The lowest BCUT2D eigenvalue weighted by molar-refractivity contribution is -0.145. The molecule has 0 bridgehead atoms. The van der Waals surface area contributed by atoms with Gasteiger partial charge >= 0.3 is 6.03 Å². The molecule has 1 aliphatic carbocycles. The molecule has 2 fully saturated rings. The number of carbonyl (C=O) groups excluding carboxylic acids is 1. The normalized spacial score (nSPS) is 24.7. The molecule has 2 amide bonds. The molecule has 1 saturated carbocycles. The molecule has 2 aromatic heterocycles. The van der Waals surface area contributed by atoms with Crippen LogP contribution in [0.2, 0.25) is 0 Å². The number of H-pyrrole nitrogens is 1. The molecule has 0 unspecified atom stereocenters. The summed E-state index contributed by atoms with van der Waals surface area (Å²) in [4.78, 5) is 16.4. The van der Waals surface area contributed by atoms with Crippen LogP contribution in [0, 0.1) is 5.41 Å². The van der Waals surface area contributed by atoms with Gasteiger partial charge < -0.3 is 24.9 Å². The fourth-order valence-electron chi connectivity index (χ4n) is 3.66. The lowest BCUT2D eigenvalue weighted by atomic mass is 9.58. The maximum absolute atomic E-state index is 12.2. The van der Waals surface area contributed by atoms with E-state index in [-0.39, 0.29) is 30.1 Å². The fraction of sp³-hybridized carbons (Fsp3) is 0.562. The van der Waals surface area contributed by atoms with Crippen molar-refractivity contribution in [1.82, 2.24) is 25.8 Å². The zero-order valence-corrected chi connectivity index (χ0v) is 13.7. The first kappa shape index (κ1) is 16.1. The Morgan fingerprint density at radius 3 is 3.00 bits per heavy atom. The summed E-state index contributed by atoms with van der Waals surface area (Å²) in [6, 6.07) is 3.22. The van der Waals surface area contributed by atoms with Crippen molar-refractivity contribution in [3.05, 3.63) is 24.2 Å². The molecule has 9 heteroatoms. The molecule has 0 aromatic carbocycles. The topological polar surface area (TPSA) is 125 Å². The number of urea groups is 1. The number of aromatic nitrogens is 3. The van der Waals surface area contributed by atoms with Gasteiger partial charge in [-0.1, -0.05) is 0 Å². The Kier molecular flexibility index (Phi) is 4.18. The number of carbonyl (C=O) groups is 1. The number of hydrogen-bond donors (Lipinski definition) is 4. The van der Waals surface area contributed by atoms with Gasteiger partial charge in [-0.15, -0.1) is 5.10 Å². The second-order valence-electron chi connectivity index (χ2n) is 6.56. The van der Waals surface area contributed by atoms with Gasteiger partial charge in [-0.2, -0.15) is 0 Å². The van der Waals surface area contributed by atoms with Crippen molar-refractivity contribution in [3.63, 3.8) is 0 Å². The first-order chi connectivity index (χ1) is 12.2. The number of ether oxygens (including phenoxy) is 1. The van der Waals surface area contributed by atoms with Crippen LogP contribution in [0.1, 0.15) is 25.1 Å². The molecule has 1 saturated heterocycles. The Morgan fingerprint density at radius 2 is 2.28 bits per heavy atom. The molecule has 2 atom stereocenters. The maximum Gasteiger partial charge on any atom is 0.315 e. The zero-order chi connectivity index (χ0) is 17.3. The number of furan rings is 1. The highest BCUT2D eigenvalue weighted by Crippen LogP contribution is 2.48. The number of aromatic amines is 1. The average Bonchev–Trinajstić information content (AvgIpc) is 3.32. The van der Waals surface area contributed by atoms with Crippen LogP contribution >= 0.6 is 0 Å². The molecular formula is C16H21N5O4. The van der Waals surface area contributed by atoms with Gasteiger partial charge in [0.2, 0.25) is 5.82 Å². The monoisotopic (exact) mass is 347 g/mol. The van der Waals surface area contributed by atoms with E-state index >= 15 is 0 Å². The minimum absolute atomic E-state index is 0.0280. The third-order valence-corrected chi connectivity index (χ3v) is 5.24. The van der Waals surface area contributed by atoms with Crippen LogP contribution in [-0.2, 0) is 11.3 Å². The molecule has 3 heterocycles. The minimum atomic E-state index is -0.369. The summed E-state index contributed by atoms with van der Waals surface area (Å²) < 4.78 is 10.6. The summed E-state index contributed by atoms with van der Waals surface area (Å²) in [5.41, 5.74) is -0.242. The quantitative estimate of drug-likeness (QED) is 0.648. The van der Waals surface area contributed by atoms with E-state index in [1.807, 2.05) is 0 Å². The Balaban J connectivity index is 1.30. The van der Waals surface area contributed by atoms with Gasteiger partial charge in [0.25, 0.3) is 0 Å². The molecule has 1 aliphatic heterocycles. The summed E-state index contributed by atoms with van der Waals surface area (Å²) in [5, 5.41) is 22.7. The zero-order valence-electron chi connectivity index (χ0n) is 13.7. The predicted molar refractivity (Wildman–Crippen MR) is 86.4 cm³/mol. The average molecular weight is 347 g/mol. The number of rotatable bonds is 4. The van der Waals surface area contributed by atoms with Gasteiger partial charge in [-0.3, -0.25) is 5.10 Å². The van der Waals surface area contributed by atoms with Crippen molar-refractivity contribution in [1.29, 1.82) is 0 Å². The first-order valence-electron chi connectivity index (χ1n) is 8.43. The minimum Gasteiger partial charge on any atom is -0.461 e. The number of hydrogen-bond acceptors (Lipinski definition) is 6. The van der Waals surface area contributed by atoms with E-state index in [0.717, 1.165) is 12.8 Å². The molecule has 1 spiro atoms. The van der Waals surface area contributed by atoms with Crippen LogP contribution in [-0.4, -0.2) is 51.7 Å². The van der Waals surface area contributed by atoms with Gasteiger partial charge in [-0.05, 0) is 31.4 Å². The summed E-state index contributed by atoms with van der Waals surface area (Å²) in [7, 11) is 0. The molecule has 2 aromatic rings. The summed E-state index contributed by atoms with van der Waals surface area (Å²) in [6.07, 6.45) is 3.31. The van der Waals surface area contributed by atoms with Crippen molar-refractivity contribution < 1.29 is 19.1 Å². The number of amides is 2. The lowest BCUT2D eigenvalue weighted by Gasteiger charge is -2.55. The molecular weight excluding hydrogens is 326 g/mol. The summed E-state index contributed by atoms with van der Waals surface area (Å²) in [5.74, 6) is 1.55. The van der Waals surface area contributed by atoms with Gasteiger partial charge in [-0.25, -0.2) is 9.78 Å².